The van der Waals surface area contributed by atoms with Gasteiger partial charge in [-0.25, -0.2) is 4.98 Å². The summed E-state index contributed by atoms with van der Waals surface area (Å²) in [6.45, 7) is 0. The first-order valence-electron chi connectivity index (χ1n) is 5.65. The summed E-state index contributed by atoms with van der Waals surface area (Å²) >= 11 is 3.33. The molecule has 2 atom stereocenters. The van der Waals surface area contributed by atoms with E-state index in [1.54, 1.807) is 6.20 Å². The number of nitrogens with zero attached hydrogens (tertiary/aromatic N) is 1. The molecule has 1 aromatic rings. The molecule has 2 aliphatic rings. The van der Waals surface area contributed by atoms with E-state index in [-0.39, 0.29) is 11.8 Å². The lowest BCUT2D eigenvalue weighted by atomic mass is 10.0. The number of carbonyl (C=O) groups is 1. The van der Waals surface area contributed by atoms with Crippen LogP contribution in [0.3, 0.4) is 0 Å². The molecule has 1 N–H and O–H groups in total. The van der Waals surface area contributed by atoms with Gasteiger partial charge >= 0.3 is 0 Å². The number of hydrogen-bond acceptors (Lipinski definition) is 2. The van der Waals surface area contributed by atoms with Crippen LogP contribution in [0.2, 0.25) is 0 Å². The highest BCUT2D eigenvalue weighted by Crippen LogP contribution is 2.54. The molecular formula is C12H13BrN2O. The molecule has 2 aliphatic carbocycles. The van der Waals surface area contributed by atoms with Crippen molar-refractivity contribution in [2.75, 3.05) is 5.32 Å². The smallest absolute Gasteiger partial charge is 0.227 e. The number of carbonyl (C=O) groups excluding carboxylic acids is 1. The second-order valence-corrected chi connectivity index (χ2v) is 5.51. The van der Waals surface area contributed by atoms with Crippen LogP contribution >= 0.6 is 15.9 Å². The van der Waals surface area contributed by atoms with Crippen LogP contribution in [0.1, 0.15) is 19.3 Å². The molecular weight excluding hydrogens is 268 g/mol. The van der Waals surface area contributed by atoms with Gasteiger partial charge in [-0.3, -0.25) is 4.79 Å². The lowest BCUT2D eigenvalue weighted by Gasteiger charge is -2.12. The zero-order valence-corrected chi connectivity index (χ0v) is 10.4. The minimum Gasteiger partial charge on any atom is -0.324 e. The third-order valence-electron chi connectivity index (χ3n) is 3.63. The van der Waals surface area contributed by atoms with E-state index in [1.807, 2.05) is 12.1 Å². The third-order valence-corrected chi connectivity index (χ3v) is 4.26. The molecule has 2 saturated carbocycles. The van der Waals surface area contributed by atoms with Gasteiger partial charge in [0.2, 0.25) is 5.91 Å². The third kappa shape index (κ3) is 1.86. The number of pyridine rings is 1. The lowest BCUT2D eigenvalue weighted by Crippen LogP contribution is -2.21. The van der Waals surface area contributed by atoms with Gasteiger partial charge in [0.25, 0.3) is 0 Å². The van der Waals surface area contributed by atoms with Crippen LogP contribution in [0.15, 0.2) is 22.9 Å². The highest BCUT2D eigenvalue weighted by Gasteiger charge is 2.47. The molecule has 3 nitrogen and oxygen atoms in total. The molecule has 4 heteroatoms. The summed E-state index contributed by atoms with van der Waals surface area (Å²) in [6, 6.07) is 3.69. The second-order valence-electron chi connectivity index (χ2n) is 4.76. The van der Waals surface area contributed by atoms with Crippen LogP contribution < -0.4 is 5.32 Å². The summed E-state index contributed by atoms with van der Waals surface area (Å²) in [4.78, 5) is 16.1. The molecule has 16 heavy (non-hydrogen) atoms. The Morgan fingerprint density at radius 3 is 2.81 bits per heavy atom. The van der Waals surface area contributed by atoms with Crippen molar-refractivity contribution in [2.45, 2.75) is 19.3 Å². The summed E-state index contributed by atoms with van der Waals surface area (Å²) in [5, 5.41) is 2.94. The normalized spacial score (nSPS) is 30.9. The van der Waals surface area contributed by atoms with Crippen LogP contribution in [-0.2, 0) is 4.79 Å². The van der Waals surface area contributed by atoms with E-state index in [0.717, 1.165) is 30.4 Å². The van der Waals surface area contributed by atoms with E-state index in [1.165, 1.54) is 6.42 Å². The Labute approximate surface area is 103 Å². The molecule has 0 aromatic carbocycles. The Kier molecular flexibility index (Phi) is 2.46. The Hall–Kier alpha value is -0.900. The first-order valence-corrected chi connectivity index (χ1v) is 6.44. The van der Waals surface area contributed by atoms with Crippen molar-refractivity contribution >= 4 is 27.5 Å². The molecule has 0 bridgehead atoms. The van der Waals surface area contributed by atoms with E-state index in [9.17, 15) is 4.79 Å². The van der Waals surface area contributed by atoms with Crippen LogP contribution in [0.25, 0.3) is 0 Å². The summed E-state index contributed by atoms with van der Waals surface area (Å²) < 4.78 is 0.700. The van der Waals surface area contributed by atoms with Crippen molar-refractivity contribution in [2.24, 2.45) is 17.8 Å². The molecule has 2 fully saturated rings. The van der Waals surface area contributed by atoms with E-state index >= 15 is 0 Å². The Bertz CT molecular complexity index is 425. The molecule has 84 valence electrons. The molecule has 1 amide bonds. The second kappa shape index (κ2) is 3.84. The maximum Gasteiger partial charge on any atom is 0.227 e. The van der Waals surface area contributed by atoms with Crippen molar-refractivity contribution in [3.8, 4) is 0 Å². The molecule has 2 unspecified atom stereocenters. The molecule has 0 spiro atoms. The quantitative estimate of drug-likeness (QED) is 0.847. The van der Waals surface area contributed by atoms with Gasteiger partial charge in [0.15, 0.2) is 0 Å². The summed E-state index contributed by atoms with van der Waals surface area (Å²) in [5.74, 6) is 2.05. The number of aromatic nitrogens is 1. The average Bonchev–Trinajstić information content (AvgIpc) is 2.89. The van der Waals surface area contributed by atoms with E-state index in [4.69, 9.17) is 0 Å². The van der Waals surface area contributed by atoms with Crippen molar-refractivity contribution in [3.05, 3.63) is 22.9 Å². The van der Waals surface area contributed by atoms with Crippen LogP contribution in [0.4, 0.5) is 5.69 Å². The number of fused-ring (bicyclic) bond motifs is 1. The molecule has 0 saturated heterocycles. The van der Waals surface area contributed by atoms with Gasteiger partial charge in [-0.1, -0.05) is 0 Å². The van der Waals surface area contributed by atoms with Crippen molar-refractivity contribution in [1.82, 2.24) is 4.98 Å². The largest absolute Gasteiger partial charge is 0.324 e. The topological polar surface area (TPSA) is 42.0 Å². The van der Waals surface area contributed by atoms with E-state index in [2.05, 4.69) is 26.2 Å². The van der Waals surface area contributed by atoms with E-state index < -0.39 is 0 Å². The van der Waals surface area contributed by atoms with Gasteiger partial charge < -0.3 is 5.32 Å². The number of rotatable bonds is 2. The highest BCUT2D eigenvalue weighted by molar-refractivity contribution is 9.10. The maximum absolute atomic E-state index is 12.0. The van der Waals surface area contributed by atoms with Gasteiger partial charge in [0.1, 0.15) is 4.60 Å². The number of halogens is 1. The monoisotopic (exact) mass is 280 g/mol. The number of hydrogen-bond donors (Lipinski definition) is 1. The predicted molar refractivity (Wildman–Crippen MR) is 64.9 cm³/mol. The standard InChI is InChI=1S/C12H13BrN2O/c13-11-10(2-1-3-14-11)15-12(16)9-5-7-4-8(7)6-9/h1-3,7-9H,4-6H2,(H,15,16). The minimum absolute atomic E-state index is 0.154. The van der Waals surface area contributed by atoms with Crippen LogP contribution in [-0.4, -0.2) is 10.9 Å². The summed E-state index contributed by atoms with van der Waals surface area (Å²) in [7, 11) is 0. The first-order chi connectivity index (χ1) is 7.74. The molecule has 0 aliphatic heterocycles. The number of amides is 1. The van der Waals surface area contributed by atoms with E-state index in [0.29, 0.717) is 4.60 Å². The molecule has 1 aromatic heterocycles. The minimum atomic E-state index is 0.154. The van der Waals surface area contributed by atoms with Crippen LogP contribution in [0.5, 0.6) is 0 Å². The SMILES string of the molecule is O=C(Nc1cccnc1Br)C1CC2CC2C1. The Morgan fingerprint density at radius 1 is 1.38 bits per heavy atom. The Balaban J connectivity index is 1.66. The zero-order valence-electron chi connectivity index (χ0n) is 8.82. The fourth-order valence-corrected chi connectivity index (χ4v) is 2.99. The molecule has 0 radical (unpaired) electrons. The van der Waals surface area contributed by atoms with Gasteiger partial charge in [0, 0.05) is 12.1 Å². The van der Waals surface area contributed by atoms with Gasteiger partial charge in [-0.05, 0) is 59.2 Å². The summed E-state index contributed by atoms with van der Waals surface area (Å²) in [5.41, 5.74) is 0.771. The van der Waals surface area contributed by atoms with Crippen molar-refractivity contribution in [1.29, 1.82) is 0 Å². The van der Waals surface area contributed by atoms with Gasteiger partial charge in [0.05, 0.1) is 5.69 Å². The van der Waals surface area contributed by atoms with Crippen LogP contribution in [0, 0.1) is 17.8 Å². The highest BCUT2D eigenvalue weighted by atomic mass is 79.9. The molecule has 1 heterocycles. The van der Waals surface area contributed by atoms with Gasteiger partial charge in [-0.15, -0.1) is 0 Å². The first kappa shape index (κ1) is 10.3. The number of nitrogens with one attached hydrogen (secondary N) is 1. The summed E-state index contributed by atoms with van der Waals surface area (Å²) in [6.07, 6.45) is 5.20. The number of anilines is 1. The maximum atomic E-state index is 12.0. The zero-order chi connectivity index (χ0) is 11.1. The van der Waals surface area contributed by atoms with Crippen molar-refractivity contribution < 1.29 is 4.79 Å². The fourth-order valence-electron chi connectivity index (χ4n) is 2.64. The van der Waals surface area contributed by atoms with Gasteiger partial charge in [-0.2, -0.15) is 0 Å². The average molecular weight is 281 g/mol. The predicted octanol–water partition coefficient (Wildman–Crippen LogP) is 2.83. The Morgan fingerprint density at radius 2 is 2.12 bits per heavy atom. The molecule has 3 rings (SSSR count). The van der Waals surface area contributed by atoms with Crippen molar-refractivity contribution in [3.63, 3.8) is 0 Å². The fraction of sp³-hybridized carbons (Fsp3) is 0.500. The lowest BCUT2D eigenvalue weighted by molar-refractivity contribution is -0.120.